The van der Waals surface area contributed by atoms with Crippen molar-refractivity contribution in [2.24, 2.45) is 0 Å². The Morgan fingerprint density at radius 2 is 1.67 bits per heavy atom. The lowest BCUT2D eigenvalue weighted by molar-refractivity contribution is -0.136. The van der Waals surface area contributed by atoms with Crippen molar-refractivity contribution in [1.82, 2.24) is 0 Å². The molecule has 0 bridgehead atoms. The maximum Gasteiger partial charge on any atom is 0.349 e. The summed E-state index contributed by atoms with van der Waals surface area (Å²) in [5.41, 5.74) is 0.845. The van der Waals surface area contributed by atoms with Gasteiger partial charge in [-0.15, -0.1) is 0 Å². The number of methoxy groups -OCH3 is 1. The van der Waals surface area contributed by atoms with Crippen molar-refractivity contribution in [2.75, 3.05) is 13.7 Å². The van der Waals surface area contributed by atoms with Crippen LogP contribution in [-0.2, 0) is 4.79 Å². The molecule has 110 valence electrons. The molecular formula is C16H15ClO4. The summed E-state index contributed by atoms with van der Waals surface area (Å²) in [6.45, 7) is 1.67. The molecule has 4 nitrogen and oxygen atoms in total. The number of aryl methyl sites for hydroxylation is 1. The number of esters is 1. The number of hydrogen-bond acceptors (Lipinski definition) is 4. The topological polar surface area (TPSA) is 44.8 Å². The first-order valence-electron chi connectivity index (χ1n) is 6.32. The zero-order valence-electron chi connectivity index (χ0n) is 11.8. The van der Waals surface area contributed by atoms with Crippen LogP contribution in [0, 0.1) is 6.92 Å². The zero-order chi connectivity index (χ0) is 15.2. The van der Waals surface area contributed by atoms with Gasteiger partial charge in [-0.3, -0.25) is 0 Å². The van der Waals surface area contributed by atoms with Crippen LogP contribution in [-0.4, -0.2) is 19.7 Å². The van der Waals surface area contributed by atoms with Crippen LogP contribution < -0.4 is 14.2 Å². The fourth-order valence-electron chi connectivity index (χ4n) is 1.66. The summed E-state index contributed by atoms with van der Waals surface area (Å²) in [5, 5.41) is 0.629. The summed E-state index contributed by atoms with van der Waals surface area (Å²) in [7, 11) is 1.58. The van der Waals surface area contributed by atoms with E-state index in [1.807, 2.05) is 6.92 Å². The molecule has 0 amide bonds. The van der Waals surface area contributed by atoms with Crippen LogP contribution in [0.15, 0.2) is 42.5 Å². The monoisotopic (exact) mass is 306 g/mol. The molecule has 0 aromatic heterocycles. The van der Waals surface area contributed by atoms with Gasteiger partial charge in [0.25, 0.3) is 0 Å². The van der Waals surface area contributed by atoms with Crippen LogP contribution in [0.4, 0.5) is 0 Å². The first-order valence-corrected chi connectivity index (χ1v) is 6.70. The number of carbonyl (C=O) groups is 1. The van der Waals surface area contributed by atoms with Gasteiger partial charge in [0.1, 0.15) is 17.2 Å². The second-order valence-electron chi connectivity index (χ2n) is 4.35. The lowest BCUT2D eigenvalue weighted by Crippen LogP contribution is -2.17. The highest BCUT2D eigenvalue weighted by Gasteiger charge is 2.07. The third kappa shape index (κ3) is 4.39. The third-order valence-corrected chi connectivity index (χ3v) is 3.20. The first-order chi connectivity index (χ1) is 10.1. The van der Waals surface area contributed by atoms with Crippen molar-refractivity contribution >= 4 is 17.6 Å². The minimum absolute atomic E-state index is 0.173. The summed E-state index contributed by atoms with van der Waals surface area (Å²) in [6.07, 6.45) is 0. The predicted molar refractivity (Wildman–Crippen MR) is 80.3 cm³/mol. The van der Waals surface area contributed by atoms with Crippen molar-refractivity contribution in [3.05, 3.63) is 53.1 Å². The second kappa shape index (κ2) is 6.99. The Balaban J connectivity index is 1.87. The number of ether oxygens (including phenoxy) is 3. The van der Waals surface area contributed by atoms with Crippen LogP contribution in [0.1, 0.15) is 5.56 Å². The highest BCUT2D eigenvalue weighted by atomic mass is 35.5. The Morgan fingerprint density at radius 3 is 2.29 bits per heavy atom. The molecule has 2 rings (SSSR count). The van der Waals surface area contributed by atoms with Gasteiger partial charge in [0, 0.05) is 5.02 Å². The summed E-state index contributed by atoms with van der Waals surface area (Å²) < 4.78 is 15.5. The highest BCUT2D eigenvalue weighted by molar-refractivity contribution is 6.31. The lowest BCUT2D eigenvalue weighted by Gasteiger charge is -2.08. The molecule has 0 N–H and O–H groups in total. The third-order valence-electron chi connectivity index (χ3n) is 2.78. The molecule has 5 heteroatoms. The SMILES string of the molecule is COc1ccc(OCC(=O)Oc2ccc(Cl)c(C)c2)cc1. The van der Waals surface area contributed by atoms with Crippen molar-refractivity contribution in [2.45, 2.75) is 6.92 Å². The van der Waals surface area contributed by atoms with Gasteiger partial charge < -0.3 is 14.2 Å². The average Bonchev–Trinajstić information content (AvgIpc) is 2.49. The molecule has 2 aromatic rings. The van der Waals surface area contributed by atoms with E-state index in [0.29, 0.717) is 16.5 Å². The van der Waals surface area contributed by atoms with E-state index in [2.05, 4.69) is 0 Å². The fourth-order valence-corrected chi connectivity index (χ4v) is 1.77. The summed E-state index contributed by atoms with van der Waals surface area (Å²) >= 11 is 5.91. The van der Waals surface area contributed by atoms with Gasteiger partial charge in [-0.2, -0.15) is 0 Å². The van der Waals surface area contributed by atoms with Crippen LogP contribution >= 0.6 is 11.6 Å². The van der Waals surface area contributed by atoms with Gasteiger partial charge in [0.15, 0.2) is 6.61 Å². The maximum absolute atomic E-state index is 11.7. The van der Waals surface area contributed by atoms with E-state index in [0.717, 1.165) is 11.3 Å². The van der Waals surface area contributed by atoms with Crippen LogP contribution in [0.3, 0.4) is 0 Å². The molecule has 0 aliphatic rings. The first kappa shape index (κ1) is 15.2. The molecule has 0 unspecified atom stereocenters. The Labute approximate surface area is 128 Å². The van der Waals surface area contributed by atoms with Gasteiger partial charge in [-0.1, -0.05) is 11.6 Å². The molecule has 0 saturated carbocycles. The zero-order valence-corrected chi connectivity index (χ0v) is 12.5. The molecular weight excluding hydrogens is 292 g/mol. The molecule has 0 radical (unpaired) electrons. The summed E-state index contributed by atoms with van der Waals surface area (Å²) in [6, 6.07) is 12.0. The average molecular weight is 307 g/mol. The van der Waals surface area contributed by atoms with Gasteiger partial charge in [-0.25, -0.2) is 4.79 Å². The largest absolute Gasteiger partial charge is 0.497 e. The molecule has 0 saturated heterocycles. The van der Waals surface area contributed by atoms with E-state index < -0.39 is 5.97 Å². The van der Waals surface area contributed by atoms with Gasteiger partial charge >= 0.3 is 5.97 Å². The van der Waals surface area contributed by atoms with Gasteiger partial charge in [0.2, 0.25) is 0 Å². The lowest BCUT2D eigenvalue weighted by atomic mass is 10.2. The number of carbonyl (C=O) groups excluding carboxylic acids is 1. The van der Waals surface area contributed by atoms with Crippen LogP contribution in [0.5, 0.6) is 17.2 Å². The Hall–Kier alpha value is -2.20. The minimum Gasteiger partial charge on any atom is -0.497 e. The quantitative estimate of drug-likeness (QED) is 0.625. The second-order valence-corrected chi connectivity index (χ2v) is 4.76. The Morgan fingerprint density at radius 1 is 1.05 bits per heavy atom. The molecule has 2 aromatic carbocycles. The van der Waals surface area contributed by atoms with Crippen molar-refractivity contribution in [3.8, 4) is 17.2 Å². The molecule has 21 heavy (non-hydrogen) atoms. The van der Waals surface area contributed by atoms with Gasteiger partial charge in [0.05, 0.1) is 7.11 Å². The molecule has 0 aliphatic heterocycles. The summed E-state index contributed by atoms with van der Waals surface area (Å²) in [5.74, 6) is 1.26. The van der Waals surface area contributed by atoms with Crippen molar-refractivity contribution in [3.63, 3.8) is 0 Å². The standard InChI is InChI=1S/C16H15ClO4/c1-11-9-14(7-8-15(11)17)21-16(18)10-20-13-5-3-12(19-2)4-6-13/h3-9H,10H2,1-2H3. The normalized spacial score (nSPS) is 10.0. The van der Waals surface area contributed by atoms with E-state index in [9.17, 15) is 4.79 Å². The van der Waals surface area contributed by atoms with E-state index in [4.69, 9.17) is 25.8 Å². The number of rotatable bonds is 5. The molecule has 0 spiro atoms. The molecule has 0 fully saturated rings. The van der Waals surface area contributed by atoms with Crippen LogP contribution in [0.25, 0.3) is 0 Å². The molecule has 0 heterocycles. The van der Waals surface area contributed by atoms with Crippen molar-refractivity contribution in [1.29, 1.82) is 0 Å². The number of halogens is 1. The van der Waals surface area contributed by atoms with E-state index >= 15 is 0 Å². The molecule has 0 aliphatic carbocycles. The van der Waals surface area contributed by atoms with E-state index in [1.165, 1.54) is 0 Å². The number of benzene rings is 2. The van der Waals surface area contributed by atoms with E-state index in [-0.39, 0.29) is 6.61 Å². The van der Waals surface area contributed by atoms with E-state index in [1.54, 1.807) is 49.6 Å². The smallest absolute Gasteiger partial charge is 0.349 e. The van der Waals surface area contributed by atoms with Crippen molar-refractivity contribution < 1.29 is 19.0 Å². The fraction of sp³-hybridized carbons (Fsp3) is 0.188. The molecule has 0 atom stereocenters. The predicted octanol–water partition coefficient (Wildman–Crippen LogP) is 3.64. The number of hydrogen-bond donors (Lipinski definition) is 0. The summed E-state index contributed by atoms with van der Waals surface area (Å²) in [4.78, 5) is 11.7. The Kier molecular flexibility index (Phi) is 5.06. The van der Waals surface area contributed by atoms with Crippen LogP contribution in [0.2, 0.25) is 5.02 Å². The minimum atomic E-state index is -0.479. The Bertz CT molecular complexity index is 623. The highest BCUT2D eigenvalue weighted by Crippen LogP contribution is 2.21. The maximum atomic E-state index is 11.7. The van der Waals surface area contributed by atoms with Gasteiger partial charge in [-0.05, 0) is 55.0 Å².